The van der Waals surface area contributed by atoms with Crippen molar-refractivity contribution in [1.29, 1.82) is 0 Å². The fraction of sp³-hybridized carbons (Fsp3) is 0.353. The van der Waals surface area contributed by atoms with Crippen molar-refractivity contribution >= 4 is 23.7 Å². The Morgan fingerprint density at radius 3 is 2.81 bits per heavy atom. The van der Waals surface area contributed by atoms with E-state index in [0.29, 0.717) is 23.4 Å². The molecule has 0 saturated carbocycles. The molecule has 0 bridgehead atoms. The van der Waals surface area contributed by atoms with E-state index in [1.165, 1.54) is 11.8 Å². The third kappa shape index (κ3) is 4.27. The topological polar surface area (TPSA) is 112 Å². The van der Waals surface area contributed by atoms with Gasteiger partial charge in [0, 0.05) is 12.5 Å². The summed E-state index contributed by atoms with van der Waals surface area (Å²) in [5.74, 6) is 1.84. The number of aromatic nitrogens is 5. The van der Waals surface area contributed by atoms with Crippen molar-refractivity contribution in [1.82, 2.24) is 25.0 Å². The van der Waals surface area contributed by atoms with Crippen molar-refractivity contribution < 1.29 is 13.6 Å². The van der Waals surface area contributed by atoms with Gasteiger partial charge in [0.05, 0.1) is 17.6 Å². The largest absolute Gasteiger partial charge is 0.469 e. The maximum atomic E-state index is 12.2. The molecule has 3 aromatic heterocycles. The average molecular weight is 388 g/mol. The molecule has 0 aliphatic heterocycles. The smallest absolute Gasteiger partial charge is 0.322 e. The normalized spacial score (nSPS) is 11.1. The quantitative estimate of drug-likeness (QED) is 0.462. The summed E-state index contributed by atoms with van der Waals surface area (Å²) in [5.41, 5.74) is 0.854. The monoisotopic (exact) mass is 388 g/mol. The van der Waals surface area contributed by atoms with E-state index >= 15 is 0 Å². The molecule has 0 atom stereocenters. The Morgan fingerprint density at radius 2 is 2.19 bits per heavy atom. The first kappa shape index (κ1) is 18.9. The fourth-order valence-electron chi connectivity index (χ4n) is 2.31. The third-order valence-corrected chi connectivity index (χ3v) is 4.61. The second-order valence-corrected chi connectivity index (χ2v) is 6.98. The summed E-state index contributed by atoms with van der Waals surface area (Å²) in [4.78, 5) is 12.2. The lowest BCUT2D eigenvalue weighted by Crippen LogP contribution is -2.15. The van der Waals surface area contributed by atoms with Gasteiger partial charge in [-0.15, -0.1) is 21.9 Å². The first-order valence-electron chi connectivity index (χ1n) is 8.34. The zero-order valence-electron chi connectivity index (χ0n) is 15.3. The second-order valence-electron chi connectivity index (χ2n) is 6.03. The van der Waals surface area contributed by atoms with Crippen LogP contribution in [-0.4, -0.2) is 36.6 Å². The summed E-state index contributed by atoms with van der Waals surface area (Å²) >= 11 is 1.26. The molecule has 27 heavy (non-hydrogen) atoms. The molecule has 9 nitrogen and oxygen atoms in total. The predicted molar refractivity (Wildman–Crippen MR) is 100 cm³/mol. The number of nitrogens with zero attached hydrogens (tertiary/aromatic N) is 5. The van der Waals surface area contributed by atoms with Gasteiger partial charge in [-0.25, -0.2) is 0 Å². The first-order valence-corrected chi connectivity index (χ1v) is 9.32. The lowest BCUT2D eigenvalue weighted by Gasteiger charge is -2.06. The molecule has 0 radical (unpaired) electrons. The Hall–Kier alpha value is -2.88. The molecule has 0 aliphatic carbocycles. The number of carbonyl (C=O) groups excluding carboxylic acids is 1. The van der Waals surface area contributed by atoms with E-state index in [-0.39, 0.29) is 23.6 Å². The maximum absolute atomic E-state index is 12.2. The van der Waals surface area contributed by atoms with Crippen molar-refractivity contribution in [3.8, 4) is 11.4 Å². The number of nitrogens with one attached hydrogen (secondary N) is 1. The van der Waals surface area contributed by atoms with Crippen LogP contribution in [0.2, 0.25) is 0 Å². The zero-order chi connectivity index (χ0) is 19.4. The minimum absolute atomic E-state index is 0.0894. The molecule has 3 rings (SSSR count). The van der Waals surface area contributed by atoms with Gasteiger partial charge in [-0.3, -0.25) is 14.7 Å². The van der Waals surface area contributed by atoms with E-state index < -0.39 is 0 Å². The van der Waals surface area contributed by atoms with Crippen LogP contribution in [-0.2, 0) is 11.3 Å². The molecular weight excluding hydrogens is 368 g/mol. The number of rotatable bonds is 8. The Kier molecular flexibility index (Phi) is 5.75. The number of amides is 1. The van der Waals surface area contributed by atoms with Gasteiger partial charge in [-0.1, -0.05) is 36.8 Å². The van der Waals surface area contributed by atoms with Crippen molar-refractivity contribution in [2.75, 3.05) is 11.1 Å². The van der Waals surface area contributed by atoms with E-state index in [0.717, 1.165) is 11.3 Å². The average Bonchev–Trinajstić information content (AvgIpc) is 3.34. The maximum Gasteiger partial charge on any atom is 0.322 e. The Labute approximate surface area is 160 Å². The van der Waals surface area contributed by atoms with E-state index in [9.17, 15) is 4.79 Å². The molecule has 0 saturated heterocycles. The minimum Gasteiger partial charge on any atom is -0.469 e. The second kappa shape index (κ2) is 8.21. The molecule has 1 N–H and O–H groups in total. The van der Waals surface area contributed by atoms with Gasteiger partial charge in [0.2, 0.25) is 11.8 Å². The van der Waals surface area contributed by atoms with Crippen LogP contribution in [0, 0.1) is 6.92 Å². The molecule has 10 heteroatoms. The molecule has 142 valence electrons. The van der Waals surface area contributed by atoms with Crippen LogP contribution in [0.15, 0.2) is 39.0 Å². The van der Waals surface area contributed by atoms with Crippen molar-refractivity contribution in [2.45, 2.75) is 38.4 Å². The van der Waals surface area contributed by atoms with Gasteiger partial charge < -0.3 is 8.83 Å². The number of hydrogen-bond donors (Lipinski definition) is 1. The number of aryl methyl sites for hydroxylation is 1. The van der Waals surface area contributed by atoms with Crippen LogP contribution in [0.1, 0.15) is 31.4 Å². The first-order chi connectivity index (χ1) is 13.0. The zero-order valence-corrected chi connectivity index (χ0v) is 16.1. The lowest BCUT2D eigenvalue weighted by molar-refractivity contribution is -0.113. The summed E-state index contributed by atoms with van der Waals surface area (Å²) in [6, 6.07) is 1.92. The molecule has 0 fully saturated rings. The highest BCUT2D eigenvalue weighted by Crippen LogP contribution is 2.27. The van der Waals surface area contributed by atoms with Crippen LogP contribution >= 0.6 is 11.8 Å². The van der Waals surface area contributed by atoms with Gasteiger partial charge in [-0.2, -0.15) is 0 Å². The molecule has 3 heterocycles. The highest BCUT2D eigenvalue weighted by Gasteiger charge is 2.18. The molecule has 0 aromatic carbocycles. The number of allylic oxidation sites excluding steroid dienone is 1. The van der Waals surface area contributed by atoms with Crippen LogP contribution in [0.5, 0.6) is 0 Å². The van der Waals surface area contributed by atoms with E-state index in [4.69, 9.17) is 8.83 Å². The molecule has 1 amide bonds. The molecule has 0 spiro atoms. The molecule has 3 aromatic rings. The van der Waals surface area contributed by atoms with Crippen molar-refractivity contribution in [3.05, 3.63) is 36.6 Å². The number of hydrogen-bond acceptors (Lipinski definition) is 8. The van der Waals surface area contributed by atoms with Gasteiger partial charge >= 0.3 is 6.01 Å². The SMILES string of the molecule is C=CCn1c(SCC(=O)Nc2nnc(C(C)C)o2)nnc1-c1ccoc1C. The summed E-state index contributed by atoms with van der Waals surface area (Å²) in [7, 11) is 0. The van der Waals surface area contributed by atoms with Gasteiger partial charge in [0.15, 0.2) is 11.0 Å². The highest BCUT2D eigenvalue weighted by atomic mass is 32.2. The molecule has 0 unspecified atom stereocenters. The lowest BCUT2D eigenvalue weighted by atomic mass is 10.2. The van der Waals surface area contributed by atoms with Crippen LogP contribution in [0.4, 0.5) is 6.01 Å². The standard InChI is InChI=1S/C17H20N6O3S/c1-5-7-23-14(12-6-8-25-11(12)4)19-22-17(23)27-9-13(24)18-16-21-20-15(26-16)10(2)3/h5-6,8,10H,1,7,9H2,2-4H3,(H,18,21,24). The van der Waals surface area contributed by atoms with Crippen LogP contribution < -0.4 is 5.32 Å². The minimum atomic E-state index is -0.270. The number of carbonyl (C=O) groups is 1. The fourth-order valence-corrected chi connectivity index (χ4v) is 3.06. The Balaban J connectivity index is 1.68. The third-order valence-electron chi connectivity index (χ3n) is 3.64. The summed E-state index contributed by atoms with van der Waals surface area (Å²) in [6.07, 6.45) is 3.35. The van der Waals surface area contributed by atoms with Gasteiger partial charge in [-0.05, 0) is 13.0 Å². The van der Waals surface area contributed by atoms with E-state index in [1.54, 1.807) is 12.3 Å². The molecular formula is C17H20N6O3S. The summed E-state index contributed by atoms with van der Waals surface area (Å²) < 4.78 is 12.6. The van der Waals surface area contributed by atoms with E-state index in [2.05, 4.69) is 32.3 Å². The van der Waals surface area contributed by atoms with Crippen molar-refractivity contribution in [2.24, 2.45) is 0 Å². The number of thioether (sulfide) groups is 1. The highest BCUT2D eigenvalue weighted by molar-refractivity contribution is 7.99. The van der Waals surface area contributed by atoms with Gasteiger partial charge in [0.25, 0.3) is 0 Å². The van der Waals surface area contributed by atoms with E-state index in [1.807, 2.05) is 31.4 Å². The Morgan fingerprint density at radius 1 is 1.37 bits per heavy atom. The van der Waals surface area contributed by atoms with Crippen LogP contribution in [0.25, 0.3) is 11.4 Å². The molecule has 0 aliphatic rings. The van der Waals surface area contributed by atoms with Crippen molar-refractivity contribution in [3.63, 3.8) is 0 Å². The Bertz CT molecular complexity index is 942. The van der Waals surface area contributed by atoms with Gasteiger partial charge in [0.1, 0.15) is 5.76 Å². The number of anilines is 1. The predicted octanol–water partition coefficient (Wildman–Crippen LogP) is 3.27. The summed E-state index contributed by atoms with van der Waals surface area (Å²) in [6.45, 7) is 10.0. The summed E-state index contributed by atoms with van der Waals surface area (Å²) in [5, 5.41) is 19.3. The van der Waals surface area contributed by atoms with Crippen LogP contribution in [0.3, 0.4) is 0 Å². The number of furan rings is 1.